The van der Waals surface area contributed by atoms with Gasteiger partial charge in [0.25, 0.3) is 0 Å². The van der Waals surface area contributed by atoms with Gasteiger partial charge < -0.3 is 5.32 Å². The zero-order valence-electron chi connectivity index (χ0n) is 9.84. The zero-order valence-corrected chi connectivity index (χ0v) is 10.7. The van der Waals surface area contributed by atoms with Gasteiger partial charge in [0.05, 0.1) is 5.69 Å². The first kappa shape index (κ1) is 10.9. The number of hydrogen-bond acceptors (Lipinski definition) is 3. The monoisotopic (exact) mass is 224 g/mol. The summed E-state index contributed by atoms with van der Waals surface area (Å²) in [5.41, 5.74) is 1.72. The molecule has 0 spiro atoms. The highest BCUT2D eigenvalue weighted by atomic mass is 32.1. The van der Waals surface area contributed by atoms with Crippen LogP contribution in [0.4, 0.5) is 5.13 Å². The molecule has 1 aliphatic carbocycles. The van der Waals surface area contributed by atoms with Crippen molar-refractivity contribution in [3.8, 4) is 0 Å². The highest BCUT2D eigenvalue weighted by molar-refractivity contribution is 7.13. The predicted octanol–water partition coefficient (Wildman–Crippen LogP) is 3.70. The second kappa shape index (κ2) is 4.12. The van der Waals surface area contributed by atoms with Crippen molar-refractivity contribution in [1.29, 1.82) is 0 Å². The zero-order chi connectivity index (χ0) is 10.9. The Kier molecular flexibility index (Phi) is 3.01. The van der Waals surface area contributed by atoms with Crippen LogP contribution in [0.2, 0.25) is 0 Å². The molecule has 2 rings (SSSR count). The van der Waals surface area contributed by atoms with E-state index < -0.39 is 0 Å². The van der Waals surface area contributed by atoms with E-state index in [9.17, 15) is 0 Å². The lowest BCUT2D eigenvalue weighted by Gasteiger charge is -2.17. The fourth-order valence-corrected chi connectivity index (χ4v) is 3.14. The molecule has 1 N–H and O–H groups in total. The van der Waals surface area contributed by atoms with Crippen molar-refractivity contribution in [1.82, 2.24) is 4.98 Å². The molecule has 0 bridgehead atoms. The highest BCUT2D eigenvalue weighted by Gasteiger charge is 2.31. The highest BCUT2D eigenvalue weighted by Crippen LogP contribution is 2.38. The van der Waals surface area contributed by atoms with Crippen LogP contribution < -0.4 is 5.32 Å². The van der Waals surface area contributed by atoms with Gasteiger partial charge in [-0.3, -0.25) is 0 Å². The van der Waals surface area contributed by atoms with E-state index in [4.69, 9.17) is 0 Å². The maximum Gasteiger partial charge on any atom is 0.183 e. The van der Waals surface area contributed by atoms with Crippen molar-refractivity contribution in [2.75, 3.05) is 5.32 Å². The van der Waals surface area contributed by atoms with Crippen molar-refractivity contribution in [2.24, 2.45) is 5.41 Å². The van der Waals surface area contributed by atoms with Gasteiger partial charge in [-0.25, -0.2) is 4.98 Å². The standard InChI is InChI=1S/C12H20N2S/c1-4-9-8-15-11(13-9)14-10-5-6-12(2,3)7-10/h8,10H,4-7H2,1-3H3,(H,13,14). The lowest BCUT2D eigenvalue weighted by molar-refractivity contribution is 0.378. The number of rotatable bonds is 3. The molecule has 1 aromatic heterocycles. The first-order valence-electron chi connectivity index (χ1n) is 5.80. The van der Waals surface area contributed by atoms with Crippen molar-refractivity contribution < 1.29 is 0 Å². The van der Waals surface area contributed by atoms with Gasteiger partial charge in [-0.05, 0) is 31.1 Å². The molecule has 1 aliphatic rings. The molecule has 84 valence electrons. The van der Waals surface area contributed by atoms with Crippen LogP contribution in [0.5, 0.6) is 0 Å². The minimum atomic E-state index is 0.516. The van der Waals surface area contributed by atoms with Crippen LogP contribution in [0.3, 0.4) is 0 Å². The molecular formula is C12H20N2S. The second-order valence-electron chi connectivity index (χ2n) is 5.25. The van der Waals surface area contributed by atoms with Crippen LogP contribution >= 0.6 is 11.3 Å². The SMILES string of the molecule is CCc1csc(NC2CCC(C)(C)C2)n1. The molecule has 0 amide bonds. The van der Waals surface area contributed by atoms with E-state index >= 15 is 0 Å². The van der Waals surface area contributed by atoms with Gasteiger partial charge in [0, 0.05) is 11.4 Å². The lowest BCUT2D eigenvalue weighted by atomic mass is 9.92. The van der Waals surface area contributed by atoms with E-state index in [1.165, 1.54) is 25.0 Å². The van der Waals surface area contributed by atoms with Gasteiger partial charge in [0.2, 0.25) is 0 Å². The molecular weight excluding hydrogens is 204 g/mol. The molecule has 15 heavy (non-hydrogen) atoms. The van der Waals surface area contributed by atoms with Crippen LogP contribution in [0.15, 0.2) is 5.38 Å². The Balaban J connectivity index is 1.92. The van der Waals surface area contributed by atoms with Crippen LogP contribution in [-0.4, -0.2) is 11.0 Å². The minimum absolute atomic E-state index is 0.516. The van der Waals surface area contributed by atoms with E-state index in [0.29, 0.717) is 11.5 Å². The number of aryl methyl sites for hydroxylation is 1. The van der Waals surface area contributed by atoms with Crippen molar-refractivity contribution in [3.05, 3.63) is 11.1 Å². The summed E-state index contributed by atoms with van der Waals surface area (Å²) >= 11 is 1.74. The Morgan fingerprint density at radius 3 is 2.93 bits per heavy atom. The fourth-order valence-electron chi connectivity index (χ4n) is 2.27. The third-order valence-corrected chi connectivity index (χ3v) is 4.03. The molecule has 0 aliphatic heterocycles. The second-order valence-corrected chi connectivity index (χ2v) is 6.10. The summed E-state index contributed by atoms with van der Waals surface area (Å²) in [7, 11) is 0. The molecule has 2 nitrogen and oxygen atoms in total. The minimum Gasteiger partial charge on any atom is -0.359 e. The number of anilines is 1. The maximum absolute atomic E-state index is 4.55. The van der Waals surface area contributed by atoms with Gasteiger partial charge in [-0.2, -0.15) is 0 Å². The Hall–Kier alpha value is -0.570. The molecule has 1 heterocycles. The first-order valence-corrected chi connectivity index (χ1v) is 6.68. The lowest BCUT2D eigenvalue weighted by Crippen LogP contribution is -2.17. The van der Waals surface area contributed by atoms with Crippen LogP contribution in [0, 0.1) is 5.41 Å². The molecule has 0 aromatic carbocycles. The number of thiazole rings is 1. The number of aromatic nitrogens is 1. The average molecular weight is 224 g/mol. The summed E-state index contributed by atoms with van der Waals surface area (Å²) in [6, 6.07) is 0.635. The molecule has 1 saturated carbocycles. The summed E-state index contributed by atoms with van der Waals surface area (Å²) in [4.78, 5) is 4.55. The molecule has 0 radical (unpaired) electrons. The number of nitrogens with zero attached hydrogens (tertiary/aromatic N) is 1. The number of nitrogens with one attached hydrogen (secondary N) is 1. The Labute approximate surface area is 96.1 Å². The predicted molar refractivity (Wildman–Crippen MR) is 66.5 cm³/mol. The van der Waals surface area contributed by atoms with E-state index in [-0.39, 0.29) is 0 Å². The molecule has 0 saturated heterocycles. The van der Waals surface area contributed by atoms with Crippen molar-refractivity contribution >= 4 is 16.5 Å². The average Bonchev–Trinajstić information content (AvgIpc) is 2.73. The summed E-state index contributed by atoms with van der Waals surface area (Å²) in [6.07, 6.45) is 4.92. The normalized spacial score (nSPS) is 24.3. The third-order valence-electron chi connectivity index (χ3n) is 3.21. The van der Waals surface area contributed by atoms with Crippen molar-refractivity contribution in [2.45, 2.75) is 52.5 Å². The largest absolute Gasteiger partial charge is 0.359 e. The first-order chi connectivity index (χ1) is 7.09. The maximum atomic E-state index is 4.55. The Bertz CT molecular complexity index is 330. The molecule has 1 fully saturated rings. The van der Waals surface area contributed by atoms with Crippen LogP contribution in [-0.2, 0) is 6.42 Å². The summed E-state index contributed by atoms with van der Waals surface area (Å²) in [5, 5.41) is 6.82. The quantitative estimate of drug-likeness (QED) is 0.847. The van der Waals surface area contributed by atoms with Gasteiger partial charge in [-0.15, -0.1) is 11.3 Å². The molecule has 1 unspecified atom stereocenters. The summed E-state index contributed by atoms with van der Waals surface area (Å²) in [5.74, 6) is 0. The Morgan fingerprint density at radius 1 is 1.60 bits per heavy atom. The van der Waals surface area contributed by atoms with E-state index in [2.05, 4.69) is 36.5 Å². The Morgan fingerprint density at radius 2 is 2.40 bits per heavy atom. The summed E-state index contributed by atoms with van der Waals surface area (Å²) < 4.78 is 0. The summed E-state index contributed by atoms with van der Waals surface area (Å²) in [6.45, 7) is 6.86. The number of hydrogen-bond donors (Lipinski definition) is 1. The van der Waals surface area contributed by atoms with E-state index in [1.54, 1.807) is 11.3 Å². The topological polar surface area (TPSA) is 24.9 Å². The van der Waals surface area contributed by atoms with Crippen molar-refractivity contribution in [3.63, 3.8) is 0 Å². The van der Waals surface area contributed by atoms with Gasteiger partial charge in [0.15, 0.2) is 5.13 Å². The molecule has 1 atom stereocenters. The van der Waals surface area contributed by atoms with Gasteiger partial charge in [0.1, 0.15) is 0 Å². The van der Waals surface area contributed by atoms with Crippen LogP contribution in [0.1, 0.15) is 45.7 Å². The van der Waals surface area contributed by atoms with E-state index in [0.717, 1.165) is 11.6 Å². The third kappa shape index (κ3) is 2.71. The molecule has 1 aromatic rings. The van der Waals surface area contributed by atoms with Gasteiger partial charge in [-0.1, -0.05) is 20.8 Å². The smallest absolute Gasteiger partial charge is 0.183 e. The fraction of sp³-hybridized carbons (Fsp3) is 0.750. The van der Waals surface area contributed by atoms with Gasteiger partial charge >= 0.3 is 0 Å². The van der Waals surface area contributed by atoms with E-state index in [1.807, 2.05) is 0 Å². The van der Waals surface area contributed by atoms with Crippen LogP contribution in [0.25, 0.3) is 0 Å². The molecule has 3 heteroatoms.